The molecule has 3 rings (SSSR count). The summed E-state index contributed by atoms with van der Waals surface area (Å²) in [6.07, 6.45) is -2.43. The third kappa shape index (κ3) is 6.59. The van der Waals surface area contributed by atoms with Crippen LogP contribution in [0, 0.1) is 27.9 Å². The van der Waals surface area contributed by atoms with Crippen molar-refractivity contribution in [3.05, 3.63) is 33.9 Å². The Morgan fingerprint density at radius 2 is 1.82 bits per heavy atom. The van der Waals surface area contributed by atoms with Crippen molar-refractivity contribution in [1.29, 1.82) is 0 Å². The van der Waals surface area contributed by atoms with E-state index in [-0.39, 0.29) is 23.6 Å². The van der Waals surface area contributed by atoms with Crippen LogP contribution < -0.4 is 10.2 Å². The summed E-state index contributed by atoms with van der Waals surface area (Å²) in [5.74, 6) is 1.06. The third-order valence-corrected chi connectivity index (χ3v) is 6.57. The van der Waals surface area contributed by atoms with Crippen molar-refractivity contribution in [1.82, 2.24) is 10.2 Å². The molecule has 10 heteroatoms. The van der Waals surface area contributed by atoms with E-state index >= 15 is 0 Å². The summed E-state index contributed by atoms with van der Waals surface area (Å²) in [7, 11) is 0. The van der Waals surface area contributed by atoms with E-state index in [1.165, 1.54) is 6.42 Å². The predicted molar refractivity (Wildman–Crippen MR) is 120 cm³/mol. The predicted octanol–water partition coefficient (Wildman–Crippen LogP) is 4.31. The highest BCUT2D eigenvalue weighted by Gasteiger charge is 2.35. The van der Waals surface area contributed by atoms with Crippen LogP contribution >= 0.6 is 0 Å². The van der Waals surface area contributed by atoms with Gasteiger partial charge in [0.05, 0.1) is 10.5 Å². The number of hydrogen-bond acceptors (Lipinski definition) is 5. The first-order chi connectivity index (χ1) is 15.4. The number of nitro benzene ring substituents is 1. The second-order valence-corrected chi connectivity index (χ2v) is 9.79. The summed E-state index contributed by atoms with van der Waals surface area (Å²) >= 11 is 0. The van der Waals surface area contributed by atoms with Crippen molar-refractivity contribution < 1.29 is 22.9 Å². The molecule has 3 unspecified atom stereocenters. The molecule has 0 aromatic heterocycles. The summed E-state index contributed by atoms with van der Waals surface area (Å²) in [4.78, 5) is 27.5. The second-order valence-electron chi connectivity index (χ2n) is 9.79. The number of amides is 1. The molecule has 1 aromatic rings. The highest BCUT2D eigenvalue weighted by Crippen LogP contribution is 2.37. The van der Waals surface area contributed by atoms with Gasteiger partial charge >= 0.3 is 6.18 Å². The van der Waals surface area contributed by atoms with Crippen molar-refractivity contribution in [2.45, 2.75) is 52.3 Å². The zero-order valence-electron chi connectivity index (χ0n) is 19.4. The Labute approximate surface area is 192 Å². The molecule has 3 atom stereocenters. The molecule has 0 spiro atoms. The monoisotopic (exact) mass is 470 g/mol. The van der Waals surface area contributed by atoms with Gasteiger partial charge in [0, 0.05) is 50.7 Å². The van der Waals surface area contributed by atoms with Crippen LogP contribution in [0.1, 0.15) is 45.6 Å². The number of anilines is 1. The zero-order chi connectivity index (χ0) is 24.3. The Morgan fingerprint density at radius 3 is 2.36 bits per heavy atom. The van der Waals surface area contributed by atoms with Crippen molar-refractivity contribution in [2.24, 2.45) is 17.8 Å². The van der Waals surface area contributed by atoms with Gasteiger partial charge in [-0.3, -0.25) is 14.9 Å². The molecule has 2 heterocycles. The molecule has 0 saturated carbocycles. The number of rotatable bonds is 6. The molecular weight excluding hydrogens is 437 g/mol. The summed E-state index contributed by atoms with van der Waals surface area (Å²) in [5.41, 5.74) is -1.45. The van der Waals surface area contributed by atoms with Crippen LogP contribution in [0.3, 0.4) is 0 Å². The smallest absolute Gasteiger partial charge is 0.366 e. The molecule has 1 aromatic carbocycles. The topological polar surface area (TPSA) is 78.7 Å². The minimum Gasteiger partial charge on any atom is -0.366 e. The van der Waals surface area contributed by atoms with E-state index < -0.39 is 22.4 Å². The molecular formula is C23H33F3N4O3. The van der Waals surface area contributed by atoms with Crippen molar-refractivity contribution >= 4 is 17.3 Å². The van der Waals surface area contributed by atoms with Crippen LogP contribution in [0.4, 0.5) is 24.5 Å². The number of alkyl halides is 3. The highest BCUT2D eigenvalue weighted by atomic mass is 19.4. The lowest BCUT2D eigenvalue weighted by molar-refractivity contribution is -0.384. The Balaban J connectivity index is 1.55. The van der Waals surface area contributed by atoms with E-state index in [0.29, 0.717) is 43.8 Å². The maximum absolute atomic E-state index is 13.0. The fourth-order valence-corrected chi connectivity index (χ4v) is 5.23. The van der Waals surface area contributed by atoms with Gasteiger partial charge < -0.3 is 15.1 Å². The molecule has 7 nitrogen and oxygen atoms in total. The molecule has 184 valence electrons. The van der Waals surface area contributed by atoms with Gasteiger partial charge in [-0.2, -0.15) is 13.2 Å². The van der Waals surface area contributed by atoms with Gasteiger partial charge in [-0.15, -0.1) is 0 Å². The van der Waals surface area contributed by atoms with Gasteiger partial charge in [0.15, 0.2) is 0 Å². The fraction of sp³-hybridized carbons (Fsp3) is 0.696. The highest BCUT2D eigenvalue weighted by molar-refractivity contribution is 5.79. The van der Waals surface area contributed by atoms with E-state index in [1.54, 1.807) is 4.90 Å². The van der Waals surface area contributed by atoms with E-state index in [2.05, 4.69) is 24.1 Å². The molecule has 0 aliphatic carbocycles. The molecule has 2 saturated heterocycles. The number of nitrogens with one attached hydrogen (secondary N) is 1. The molecule has 33 heavy (non-hydrogen) atoms. The summed E-state index contributed by atoms with van der Waals surface area (Å²) in [6.45, 7) is 10.1. The van der Waals surface area contributed by atoms with Gasteiger partial charge in [0.2, 0.25) is 5.91 Å². The lowest BCUT2D eigenvalue weighted by atomic mass is 9.91. The average Bonchev–Trinajstić information content (AvgIpc) is 2.71. The lowest BCUT2D eigenvalue weighted by Crippen LogP contribution is -2.49. The van der Waals surface area contributed by atoms with Crippen molar-refractivity contribution in [3.63, 3.8) is 0 Å². The van der Waals surface area contributed by atoms with Crippen LogP contribution in [0.15, 0.2) is 18.2 Å². The number of nitro groups is 1. The maximum atomic E-state index is 13.0. The number of hydrogen-bond donors (Lipinski definition) is 1. The standard InChI is InChI=1S/C23H33F3N4O3/c1-15-10-16(2)13-28(12-15)14-17(3)27-22(31)18-6-8-29(9-7-18)20-5-4-19(23(24,25)26)11-21(20)30(32)33/h4-5,11,15-18H,6-10,12-14H2,1-3H3,(H,27,31). The van der Waals surface area contributed by atoms with E-state index in [0.717, 1.165) is 31.8 Å². The summed E-state index contributed by atoms with van der Waals surface area (Å²) < 4.78 is 38.9. The van der Waals surface area contributed by atoms with Gasteiger partial charge in [-0.05, 0) is 50.2 Å². The van der Waals surface area contributed by atoms with E-state index in [4.69, 9.17) is 0 Å². The number of halogens is 3. The van der Waals surface area contributed by atoms with Crippen LogP contribution in [-0.4, -0.2) is 54.5 Å². The molecule has 1 amide bonds. The molecule has 0 radical (unpaired) electrons. The Kier molecular flexibility index (Phi) is 7.87. The second kappa shape index (κ2) is 10.3. The number of likely N-dealkylation sites (tertiary alicyclic amines) is 1. The van der Waals surface area contributed by atoms with Gasteiger partial charge in [-0.1, -0.05) is 13.8 Å². The largest absolute Gasteiger partial charge is 0.416 e. The molecule has 0 bridgehead atoms. The minimum absolute atomic E-state index is 0.0176. The SMILES string of the molecule is CC1CC(C)CN(CC(C)NC(=O)C2CCN(c3ccc(C(F)(F)F)cc3[N+](=O)[O-])CC2)C1. The summed E-state index contributed by atoms with van der Waals surface area (Å²) in [6, 6.07) is 2.62. The Bertz CT molecular complexity index is 846. The Morgan fingerprint density at radius 1 is 1.21 bits per heavy atom. The van der Waals surface area contributed by atoms with Crippen LogP contribution in [-0.2, 0) is 11.0 Å². The molecule has 2 fully saturated rings. The molecule has 1 N–H and O–H groups in total. The number of carbonyl (C=O) groups excluding carboxylic acids is 1. The lowest BCUT2D eigenvalue weighted by Gasteiger charge is -2.37. The van der Waals surface area contributed by atoms with Crippen LogP contribution in [0.2, 0.25) is 0 Å². The Hall–Kier alpha value is -2.36. The van der Waals surface area contributed by atoms with Gasteiger partial charge in [0.1, 0.15) is 5.69 Å². The summed E-state index contributed by atoms with van der Waals surface area (Å²) in [5, 5.41) is 14.5. The number of carbonyl (C=O) groups is 1. The van der Waals surface area contributed by atoms with Crippen molar-refractivity contribution in [2.75, 3.05) is 37.6 Å². The van der Waals surface area contributed by atoms with Crippen molar-refractivity contribution in [3.8, 4) is 0 Å². The first-order valence-electron chi connectivity index (χ1n) is 11.6. The fourth-order valence-electron chi connectivity index (χ4n) is 5.23. The number of piperidine rings is 2. The quantitative estimate of drug-likeness (QED) is 0.495. The average molecular weight is 471 g/mol. The minimum atomic E-state index is -4.64. The normalized spacial score (nSPS) is 23.9. The van der Waals surface area contributed by atoms with Crippen LogP contribution in [0.25, 0.3) is 0 Å². The number of benzene rings is 1. The van der Waals surface area contributed by atoms with Gasteiger partial charge in [0.25, 0.3) is 5.69 Å². The van der Waals surface area contributed by atoms with E-state index in [1.807, 2.05) is 6.92 Å². The first-order valence-corrected chi connectivity index (χ1v) is 11.6. The van der Waals surface area contributed by atoms with E-state index in [9.17, 15) is 28.1 Å². The van der Waals surface area contributed by atoms with Crippen LogP contribution in [0.5, 0.6) is 0 Å². The molecule has 2 aliphatic heterocycles. The van der Waals surface area contributed by atoms with Gasteiger partial charge in [-0.25, -0.2) is 0 Å². The third-order valence-electron chi connectivity index (χ3n) is 6.57. The zero-order valence-corrected chi connectivity index (χ0v) is 19.4. The maximum Gasteiger partial charge on any atom is 0.416 e. The first kappa shape index (κ1) is 25.3. The number of nitrogens with zero attached hydrogens (tertiary/aromatic N) is 3. The molecule has 2 aliphatic rings.